The quantitative estimate of drug-likeness (QED) is 0.567. The van der Waals surface area contributed by atoms with E-state index < -0.39 is 0 Å². The van der Waals surface area contributed by atoms with Gasteiger partial charge in [0.25, 0.3) is 0 Å². The molecule has 0 aromatic heterocycles. The first-order valence-corrected chi connectivity index (χ1v) is 8.23. The Balaban J connectivity index is 2.04. The fourth-order valence-electron chi connectivity index (χ4n) is 3.21. The molecular weight excluding hydrogens is 304 g/mol. The highest BCUT2D eigenvalue weighted by molar-refractivity contribution is 6.08. The van der Waals surface area contributed by atoms with E-state index in [0.717, 1.165) is 0 Å². The van der Waals surface area contributed by atoms with Crippen molar-refractivity contribution in [3.63, 3.8) is 0 Å². The maximum atomic E-state index is 12.5. The Morgan fingerprint density at radius 3 is 2.04 bits per heavy atom. The van der Waals surface area contributed by atoms with Gasteiger partial charge in [-0.05, 0) is 26.7 Å². The first-order valence-electron chi connectivity index (χ1n) is 8.23. The first kappa shape index (κ1) is 18.0. The third-order valence-corrected chi connectivity index (χ3v) is 4.57. The van der Waals surface area contributed by atoms with E-state index in [-0.39, 0.29) is 47.8 Å². The molecule has 0 N–H and O–H groups in total. The smallest absolute Gasteiger partial charge is 0.164 e. The second-order valence-electron chi connectivity index (χ2n) is 6.26. The molecule has 1 aliphatic carbocycles. The molecule has 2 rings (SSSR count). The number of carbonyl (C=O) groups excluding carboxylic acids is 4. The zero-order chi connectivity index (χ0) is 17.7. The SMILES string of the molecule is CC(=O)c1ccccc1C(=O)CCC(=O)C1CC=CCC1C(C)=O. The molecule has 0 heterocycles. The molecule has 1 aliphatic rings. The summed E-state index contributed by atoms with van der Waals surface area (Å²) in [6.45, 7) is 2.93. The first-order chi connectivity index (χ1) is 11.4. The fraction of sp³-hybridized carbons (Fsp3) is 0.400. The molecule has 4 heteroatoms. The van der Waals surface area contributed by atoms with Crippen molar-refractivity contribution in [1.29, 1.82) is 0 Å². The largest absolute Gasteiger partial charge is 0.300 e. The van der Waals surface area contributed by atoms with Gasteiger partial charge >= 0.3 is 0 Å². The van der Waals surface area contributed by atoms with Crippen molar-refractivity contribution in [3.8, 4) is 0 Å². The van der Waals surface area contributed by atoms with Crippen molar-refractivity contribution in [3.05, 3.63) is 47.5 Å². The minimum atomic E-state index is -0.330. The summed E-state index contributed by atoms with van der Waals surface area (Å²) in [6.07, 6.45) is 5.18. The Labute approximate surface area is 141 Å². The average Bonchev–Trinajstić information content (AvgIpc) is 2.59. The third kappa shape index (κ3) is 4.13. The van der Waals surface area contributed by atoms with Crippen LogP contribution in [0.4, 0.5) is 0 Å². The maximum Gasteiger partial charge on any atom is 0.164 e. The molecule has 0 saturated heterocycles. The lowest BCUT2D eigenvalue weighted by molar-refractivity contribution is -0.131. The Bertz CT molecular complexity index is 699. The molecule has 2 unspecified atom stereocenters. The number of allylic oxidation sites excluding steroid dienone is 2. The van der Waals surface area contributed by atoms with Gasteiger partial charge in [0.2, 0.25) is 0 Å². The molecule has 0 bridgehead atoms. The van der Waals surface area contributed by atoms with E-state index in [1.165, 1.54) is 13.8 Å². The van der Waals surface area contributed by atoms with Gasteiger partial charge in [-0.15, -0.1) is 0 Å². The second kappa shape index (κ2) is 7.95. The summed E-state index contributed by atoms with van der Waals surface area (Å²) >= 11 is 0. The van der Waals surface area contributed by atoms with Crippen LogP contribution in [0.15, 0.2) is 36.4 Å². The highest BCUT2D eigenvalue weighted by Crippen LogP contribution is 2.28. The van der Waals surface area contributed by atoms with Crippen molar-refractivity contribution < 1.29 is 19.2 Å². The van der Waals surface area contributed by atoms with Gasteiger partial charge in [-0.3, -0.25) is 19.2 Å². The van der Waals surface area contributed by atoms with Crippen molar-refractivity contribution in [2.75, 3.05) is 0 Å². The van der Waals surface area contributed by atoms with E-state index in [4.69, 9.17) is 0 Å². The van der Waals surface area contributed by atoms with Crippen LogP contribution in [-0.2, 0) is 9.59 Å². The zero-order valence-corrected chi connectivity index (χ0v) is 14.1. The number of carbonyl (C=O) groups is 4. The molecule has 0 spiro atoms. The maximum absolute atomic E-state index is 12.5. The highest BCUT2D eigenvalue weighted by atomic mass is 16.1. The van der Waals surface area contributed by atoms with E-state index in [9.17, 15) is 19.2 Å². The number of hydrogen-bond donors (Lipinski definition) is 0. The number of hydrogen-bond acceptors (Lipinski definition) is 4. The predicted molar refractivity (Wildman–Crippen MR) is 91.1 cm³/mol. The van der Waals surface area contributed by atoms with Crippen LogP contribution in [-0.4, -0.2) is 23.1 Å². The van der Waals surface area contributed by atoms with Gasteiger partial charge in [0.15, 0.2) is 11.6 Å². The third-order valence-electron chi connectivity index (χ3n) is 4.57. The molecule has 126 valence electrons. The monoisotopic (exact) mass is 326 g/mol. The summed E-state index contributed by atoms with van der Waals surface area (Å²) in [7, 11) is 0. The molecule has 0 aliphatic heterocycles. The van der Waals surface area contributed by atoms with Gasteiger partial charge < -0.3 is 0 Å². The van der Waals surface area contributed by atoms with E-state index in [0.29, 0.717) is 24.0 Å². The number of benzene rings is 1. The average molecular weight is 326 g/mol. The number of Topliss-reactive ketones (excluding diaryl/α,β-unsaturated/α-hetero) is 4. The lowest BCUT2D eigenvalue weighted by atomic mass is 9.77. The van der Waals surface area contributed by atoms with Gasteiger partial charge in [0.05, 0.1) is 0 Å². The van der Waals surface area contributed by atoms with Crippen LogP contribution in [0.5, 0.6) is 0 Å². The molecule has 24 heavy (non-hydrogen) atoms. The highest BCUT2D eigenvalue weighted by Gasteiger charge is 2.31. The van der Waals surface area contributed by atoms with E-state index >= 15 is 0 Å². The van der Waals surface area contributed by atoms with Crippen LogP contribution >= 0.6 is 0 Å². The molecule has 1 aromatic carbocycles. The lowest BCUT2D eigenvalue weighted by Gasteiger charge is -2.25. The van der Waals surface area contributed by atoms with Crippen LogP contribution in [0.25, 0.3) is 0 Å². The molecule has 1 aromatic rings. The zero-order valence-electron chi connectivity index (χ0n) is 14.1. The summed E-state index contributed by atoms with van der Waals surface area (Å²) in [5.74, 6) is -1.01. The number of rotatable bonds is 7. The minimum absolute atomic E-state index is 0.0194. The van der Waals surface area contributed by atoms with Crippen LogP contribution in [0.2, 0.25) is 0 Å². The molecule has 0 radical (unpaired) electrons. The summed E-state index contributed by atoms with van der Waals surface area (Å²) in [5.41, 5.74) is 0.751. The normalized spacial score (nSPS) is 19.8. The summed E-state index contributed by atoms with van der Waals surface area (Å²) in [6, 6.07) is 6.66. The van der Waals surface area contributed by atoms with Gasteiger partial charge in [-0.2, -0.15) is 0 Å². The molecule has 0 saturated carbocycles. The van der Waals surface area contributed by atoms with Crippen molar-refractivity contribution in [2.45, 2.75) is 39.5 Å². The van der Waals surface area contributed by atoms with E-state index in [2.05, 4.69) is 0 Å². The van der Waals surface area contributed by atoms with Crippen LogP contribution < -0.4 is 0 Å². The molecule has 0 amide bonds. The van der Waals surface area contributed by atoms with Crippen molar-refractivity contribution in [1.82, 2.24) is 0 Å². The summed E-state index contributed by atoms with van der Waals surface area (Å²) in [5, 5.41) is 0. The second-order valence-corrected chi connectivity index (χ2v) is 6.26. The van der Waals surface area contributed by atoms with Gasteiger partial charge in [-0.25, -0.2) is 0 Å². The topological polar surface area (TPSA) is 68.3 Å². The molecule has 4 nitrogen and oxygen atoms in total. The Morgan fingerprint density at radius 2 is 1.46 bits per heavy atom. The van der Waals surface area contributed by atoms with Crippen molar-refractivity contribution >= 4 is 23.1 Å². The Kier molecular flexibility index (Phi) is 5.96. The van der Waals surface area contributed by atoms with Crippen LogP contribution in [0.1, 0.15) is 60.2 Å². The Hall–Kier alpha value is -2.36. The minimum Gasteiger partial charge on any atom is -0.300 e. The standard InChI is InChI=1S/C20H22O4/c1-13(21)15-7-3-5-9-17(15)19(23)11-12-20(24)18-10-6-4-8-16(18)14(2)22/h3-7,9,16,18H,8,10-12H2,1-2H3. The van der Waals surface area contributed by atoms with Gasteiger partial charge in [0, 0.05) is 35.8 Å². The van der Waals surface area contributed by atoms with Crippen LogP contribution in [0, 0.1) is 11.8 Å². The molecule has 0 fully saturated rings. The molecular formula is C20H22O4. The summed E-state index contributed by atoms with van der Waals surface area (Å²) < 4.78 is 0. The number of ketones is 4. The van der Waals surface area contributed by atoms with Gasteiger partial charge in [0.1, 0.15) is 11.6 Å². The van der Waals surface area contributed by atoms with E-state index in [1.54, 1.807) is 24.3 Å². The fourth-order valence-corrected chi connectivity index (χ4v) is 3.21. The summed E-state index contributed by atoms with van der Waals surface area (Å²) in [4.78, 5) is 48.2. The van der Waals surface area contributed by atoms with Crippen molar-refractivity contribution in [2.24, 2.45) is 11.8 Å². The lowest BCUT2D eigenvalue weighted by Crippen LogP contribution is -2.30. The molecule has 2 atom stereocenters. The van der Waals surface area contributed by atoms with Gasteiger partial charge in [-0.1, -0.05) is 36.4 Å². The van der Waals surface area contributed by atoms with E-state index in [1.807, 2.05) is 12.2 Å². The Morgan fingerprint density at radius 1 is 0.875 bits per heavy atom. The predicted octanol–water partition coefficient (Wildman–Crippen LogP) is 3.59. The van der Waals surface area contributed by atoms with Crippen LogP contribution in [0.3, 0.4) is 0 Å².